The quantitative estimate of drug-likeness (QED) is 0.699. The summed E-state index contributed by atoms with van der Waals surface area (Å²) in [5.41, 5.74) is 1.86. The second-order valence-electron chi connectivity index (χ2n) is 5.61. The molecule has 0 radical (unpaired) electrons. The number of anilines is 1. The van der Waals surface area contributed by atoms with E-state index >= 15 is 0 Å². The molecule has 0 aliphatic heterocycles. The number of nitrogens with one attached hydrogen (secondary N) is 2. The predicted molar refractivity (Wildman–Crippen MR) is 106 cm³/mol. The summed E-state index contributed by atoms with van der Waals surface area (Å²) in [7, 11) is 1.57. The van der Waals surface area contributed by atoms with Crippen molar-refractivity contribution in [1.29, 1.82) is 0 Å². The minimum atomic E-state index is -0.295. The lowest BCUT2D eigenvalue weighted by molar-refractivity contribution is -0.111. The molecule has 0 unspecified atom stereocenters. The number of hydrogen-bond acceptors (Lipinski definition) is 4. The Kier molecular flexibility index (Phi) is 7.43. The fraction of sp³-hybridized carbons (Fsp3) is 0.238. The zero-order valence-corrected chi connectivity index (χ0v) is 15.7. The van der Waals surface area contributed by atoms with Crippen molar-refractivity contribution in [1.82, 2.24) is 5.32 Å². The number of rotatable bonds is 8. The van der Waals surface area contributed by atoms with Crippen LogP contribution in [0.4, 0.5) is 5.69 Å². The first-order chi connectivity index (χ1) is 13.1. The molecular weight excluding hydrogens is 344 g/mol. The average molecular weight is 368 g/mol. The molecule has 6 nitrogen and oxygen atoms in total. The van der Waals surface area contributed by atoms with Crippen LogP contribution in [0.5, 0.6) is 11.5 Å². The number of carbonyl (C=O) groups excluding carboxylic acids is 2. The maximum Gasteiger partial charge on any atom is 0.251 e. The zero-order chi connectivity index (χ0) is 19.6. The molecule has 27 heavy (non-hydrogen) atoms. The Hall–Kier alpha value is -3.28. The predicted octanol–water partition coefficient (Wildman–Crippen LogP) is 3.50. The van der Waals surface area contributed by atoms with E-state index in [4.69, 9.17) is 9.47 Å². The van der Waals surface area contributed by atoms with Gasteiger partial charge < -0.3 is 20.1 Å². The van der Waals surface area contributed by atoms with Gasteiger partial charge in [0.15, 0.2) is 11.5 Å². The van der Waals surface area contributed by atoms with Gasteiger partial charge in [-0.25, -0.2) is 0 Å². The number of hydrogen-bond donors (Lipinski definition) is 2. The van der Waals surface area contributed by atoms with Crippen LogP contribution in [0.3, 0.4) is 0 Å². The summed E-state index contributed by atoms with van der Waals surface area (Å²) in [6.07, 6.45) is 3.11. The molecular formula is C21H24N2O4. The van der Waals surface area contributed by atoms with Gasteiger partial charge in [0.25, 0.3) is 5.91 Å². The van der Waals surface area contributed by atoms with Gasteiger partial charge in [-0.15, -0.1) is 0 Å². The van der Waals surface area contributed by atoms with Crippen LogP contribution >= 0.6 is 0 Å². The minimum Gasteiger partial charge on any atom is -0.493 e. The Morgan fingerprint density at radius 2 is 1.89 bits per heavy atom. The molecule has 0 saturated heterocycles. The van der Waals surface area contributed by atoms with Gasteiger partial charge >= 0.3 is 0 Å². The first kappa shape index (κ1) is 20.0. The molecule has 0 aliphatic rings. The number of benzene rings is 2. The summed E-state index contributed by atoms with van der Waals surface area (Å²) in [4.78, 5) is 24.0. The van der Waals surface area contributed by atoms with Crippen LogP contribution in [0.25, 0.3) is 6.08 Å². The molecule has 2 rings (SSSR count). The Bertz CT molecular complexity index is 831. The van der Waals surface area contributed by atoms with Crippen molar-refractivity contribution in [2.75, 3.05) is 25.6 Å². The van der Waals surface area contributed by atoms with Gasteiger partial charge in [0, 0.05) is 23.9 Å². The summed E-state index contributed by atoms with van der Waals surface area (Å²) >= 11 is 0. The monoisotopic (exact) mass is 368 g/mol. The number of amides is 2. The van der Waals surface area contributed by atoms with Gasteiger partial charge in [0.2, 0.25) is 5.91 Å². The molecule has 2 amide bonds. The lowest BCUT2D eigenvalue weighted by Crippen LogP contribution is -2.22. The lowest BCUT2D eigenvalue weighted by atomic mass is 10.1. The Labute approximate surface area is 159 Å². The largest absolute Gasteiger partial charge is 0.493 e. The van der Waals surface area contributed by atoms with Gasteiger partial charge in [-0.3, -0.25) is 9.59 Å². The summed E-state index contributed by atoms with van der Waals surface area (Å²) in [5.74, 6) is 0.791. The highest BCUT2D eigenvalue weighted by Crippen LogP contribution is 2.28. The number of ether oxygens (including phenoxy) is 2. The van der Waals surface area contributed by atoms with E-state index < -0.39 is 0 Å². The third-order valence-electron chi connectivity index (χ3n) is 3.64. The zero-order valence-electron chi connectivity index (χ0n) is 15.7. The molecule has 0 heterocycles. The molecule has 0 spiro atoms. The van der Waals surface area contributed by atoms with E-state index in [1.54, 1.807) is 49.6 Å². The van der Waals surface area contributed by atoms with Crippen LogP contribution < -0.4 is 20.1 Å². The van der Waals surface area contributed by atoms with Gasteiger partial charge in [-0.05, 0) is 55.8 Å². The SMILES string of the molecule is CCNC(=O)c1cccc(NC(=O)C=Cc2ccc(OCC)c(OC)c2)c1. The fourth-order valence-corrected chi connectivity index (χ4v) is 2.42. The molecule has 0 bridgehead atoms. The summed E-state index contributed by atoms with van der Waals surface area (Å²) in [6.45, 7) is 4.84. The minimum absolute atomic E-state index is 0.175. The molecule has 6 heteroatoms. The van der Waals surface area contributed by atoms with Crippen molar-refractivity contribution in [3.05, 3.63) is 59.7 Å². The van der Waals surface area contributed by atoms with Crippen LogP contribution in [0.15, 0.2) is 48.5 Å². The smallest absolute Gasteiger partial charge is 0.251 e. The van der Waals surface area contributed by atoms with Crippen LogP contribution in [0, 0.1) is 0 Å². The molecule has 0 aliphatic carbocycles. The first-order valence-electron chi connectivity index (χ1n) is 8.75. The normalized spacial score (nSPS) is 10.5. The van der Waals surface area contributed by atoms with Crippen LogP contribution in [0.2, 0.25) is 0 Å². The third kappa shape index (κ3) is 5.88. The second-order valence-corrected chi connectivity index (χ2v) is 5.61. The molecule has 0 fully saturated rings. The summed E-state index contributed by atoms with van der Waals surface area (Å²) in [5, 5.41) is 5.47. The molecule has 2 N–H and O–H groups in total. The van der Waals surface area contributed by atoms with Crippen molar-refractivity contribution in [2.45, 2.75) is 13.8 Å². The van der Waals surface area contributed by atoms with Gasteiger partial charge in [-0.1, -0.05) is 12.1 Å². The summed E-state index contributed by atoms with van der Waals surface area (Å²) < 4.78 is 10.8. The van der Waals surface area contributed by atoms with Crippen molar-refractivity contribution in [3.63, 3.8) is 0 Å². The van der Waals surface area contributed by atoms with Crippen molar-refractivity contribution < 1.29 is 19.1 Å². The average Bonchev–Trinajstić information content (AvgIpc) is 2.67. The Balaban J connectivity index is 2.05. The highest BCUT2D eigenvalue weighted by molar-refractivity contribution is 6.03. The van der Waals surface area contributed by atoms with Crippen LogP contribution in [-0.4, -0.2) is 32.1 Å². The van der Waals surface area contributed by atoms with E-state index in [9.17, 15) is 9.59 Å². The lowest BCUT2D eigenvalue weighted by Gasteiger charge is -2.09. The van der Waals surface area contributed by atoms with E-state index in [0.717, 1.165) is 5.56 Å². The highest BCUT2D eigenvalue weighted by atomic mass is 16.5. The Morgan fingerprint density at radius 3 is 2.59 bits per heavy atom. The van der Waals surface area contributed by atoms with Crippen molar-refractivity contribution in [3.8, 4) is 11.5 Å². The van der Waals surface area contributed by atoms with Gasteiger partial charge in [0.1, 0.15) is 0 Å². The maximum absolute atomic E-state index is 12.2. The highest BCUT2D eigenvalue weighted by Gasteiger charge is 2.07. The van der Waals surface area contributed by atoms with Crippen molar-refractivity contribution >= 4 is 23.6 Å². The molecule has 2 aromatic rings. The standard InChI is InChI=1S/C21H24N2O4/c1-4-22-21(25)16-7-6-8-17(14-16)23-20(24)12-10-15-9-11-18(27-5-2)19(13-15)26-3/h6-14H,4-5H2,1-3H3,(H,22,25)(H,23,24). The van der Waals surface area contributed by atoms with E-state index in [1.807, 2.05) is 19.9 Å². The van der Waals surface area contributed by atoms with E-state index in [1.165, 1.54) is 6.08 Å². The molecule has 0 aromatic heterocycles. The third-order valence-corrected chi connectivity index (χ3v) is 3.64. The molecule has 0 saturated carbocycles. The Morgan fingerprint density at radius 1 is 1.07 bits per heavy atom. The topological polar surface area (TPSA) is 76.7 Å². The second kappa shape index (κ2) is 10.0. The number of methoxy groups -OCH3 is 1. The first-order valence-corrected chi connectivity index (χ1v) is 8.75. The summed E-state index contributed by atoms with van der Waals surface area (Å²) in [6, 6.07) is 12.2. The van der Waals surface area contributed by atoms with E-state index in [0.29, 0.717) is 35.9 Å². The van der Waals surface area contributed by atoms with E-state index in [2.05, 4.69) is 10.6 Å². The molecule has 2 aromatic carbocycles. The van der Waals surface area contributed by atoms with Crippen LogP contribution in [-0.2, 0) is 4.79 Å². The number of carbonyl (C=O) groups is 2. The van der Waals surface area contributed by atoms with E-state index in [-0.39, 0.29) is 11.8 Å². The maximum atomic E-state index is 12.2. The molecule has 142 valence electrons. The fourth-order valence-electron chi connectivity index (χ4n) is 2.42. The van der Waals surface area contributed by atoms with Crippen LogP contribution in [0.1, 0.15) is 29.8 Å². The van der Waals surface area contributed by atoms with Gasteiger partial charge in [0.05, 0.1) is 13.7 Å². The molecule has 0 atom stereocenters. The van der Waals surface area contributed by atoms with Gasteiger partial charge in [-0.2, -0.15) is 0 Å². The van der Waals surface area contributed by atoms with Crippen molar-refractivity contribution in [2.24, 2.45) is 0 Å².